The molecule has 0 aromatic carbocycles. The van der Waals surface area contributed by atoms with Gasteiger partial charge < -0.3 is 22.9 Å². The van der Waals surface area contributed by atoms with E-state index >= 15 is 0 Å². The Hall–Kier alpha value is -2.64. The lowest BCUT2D eigenvalue weighted by Gasteiger charge is -2.06. The number of aromatic nitrogens is 2. The molecule has 0 atom stereocenters. The molecule has 0 aliphatic carbocycles. The van der Waals surface area contributed by atoms with Gasteiger partial charge in [0.05, 0.1) is 0 Å². The molecule has 0 aliphatic heterocycles. The van der Waals surface area contributed by atoms with Crippen LogP contribution in [0.15, 0.2) is 26.0 Å². The minimum Gasteiger partial charge on any atom is -0.456 e. The molecule has 0 unspecified atom stereocenters. The quantitative estimate of drug-likeness (QED) is 0.544. The molecule has 2 aromatic rings. The average Bonchev–Trinajstić information content (AvgIpc) is 3.00. The number of imidazole rings is 1. The van der Waals surface area contributed by atoms with E-state index in [1.165, 1.54) is 0 Å². The molecule has 8 heteroatoms. The van der Waals surface area contributed by atoms with Crippen molar-refractivity contribution >= 4 is 12.3 Å². The number of nitrogens with zero attached hydrogens (tertiary/aromatic N) is 2. The van der Waals surface area contributed by atoms with E-state index in [4.69, 9.17) is 9.15 Å². The van der Waals surface area contributed by atoms with E-state index in [1.54, 1.807) is 23.9 Å². The predicted octanol–water partition coefficient (Wildman–Crippen LogP) is 0.613. The van der Waals surface area contributed by atoms with Gasteiger partial charge in [-0.05, 0) is 6.92 Å². The summed E-state index contributed by atoms with van der Waals surface area (Å²) in [5.41, 5.74) is 0. The van der Waals surface area contributed by atoms with Gasteiger partial charge in [-0.15, -0.1) is 0 Å². The summed E-state index contributed by atoms with van der Waals surface area (Å²) in [6.45, 7) is 1.34. The smallest absolute Gasteiger partial charge is 0.456 e. The van der Waals surface area contributed by atoms with Crippen LogP contribution in [0.1, 0.15) is 23.8 Å². The third-order valence-corrected chi connectivity index (χ3v) is 2.79. The van der Waals surface area contributed by atoms with Crippen molar-refractivity contribution in [1.82, 2.24) is 9.55 Å². The summed E-state index contributed by atoms with van der Waals surface area (Å²) in [5, 5.41) is 0. The van der Waals surface area contributed by atoms with Crippen molar-refractivity contribution < 1.29 is 23.2 Å². The molecule has 0 spiro atoms. The van der Waals surface area contributed by atoms with Gasteiger partial charge in [0, 0.05) is 25.2 Å². The lowest BCUT2D eigenvalue weighted by Crippen LogP contribution is -2.15. The van der Waals surface area contributed by atoms with Crippen molar-refractivity contribution in [3.63, 3.8) is 0 Å². The van der Waals surface area contributed by atoms with Crippen molar-refractivity contribution in [3.8, 4) is 0 Å². The van der Waals surface area contributed by atoms with Crippen LogP contribution in [0, 0.1) is 6.92 Å². The zero-order chi connectivity index (χ0) is 15.2. The first-order valence-electron chi connectivity index (χ1n) is 6.29. The highest BCUT2D eigenvalue weighted by Gasteiger charge is 2.13. The van der Waals surface area contributed by atoms with Crippen LogP contribution in [0.5, 0.6) is 0 Å². The summed E-state index contributed by atoms with van der Waals surface area (Å²) in [7, 11) is 0. The zero-order valence-electron chi connectivity index (χ0n) is 11.4. The Bertz CT molecular complexity index is 681. The highest BCUT2D eigenvalue weighted by molar-refractivity contribution is 5.69. The lowest BCUT2D eigenvalue weighted by molar-refractivity contribution is -0.146. The van der Waals surface area contributed by atoms with Gasteiger partial charge in [-0.2, -0.15) is 0 Å². The van der Waals surface area contributed by atoms with Gasteiger partial charge in [-0.25, -0.2) is 9.78 Å². The van der Waals surface area contributed by atoms with Crippen LogP contribution >= 0.6 is 0 Å². The first-order valence-corrected chi connectivity index (χ1v) is 6.29. The molecule has 8 nitrogen and oxygen atoms in total. The third-order valence-electron chi connectivity index (χ3n) is 2.79. The maximum absolute atomic E-state index is 11.7. The number of rotatable bonds is 7. The van der Waals surface area contributed by atoms with Crippen LogP contribution in [0.4, 0.5) is 0 Å². The molecule has 0 radical (unpaired) electrons. The Kier molecular flexibility index (Phi) is 4.70. The first kappa shape index (κ1) is 14.8. The molecular formula is C13H14N2O6. The molecule has 0 saturated carbocycles. The number of carbonyl (C=O) groups is 2. The summed E-state index contributed by atoms with van der Waals surface area (Å²) < 4.78 is 16.0. The van der Waals surface area contributed by atoms with E-state index in [1.807, 2.05) is 0 Å². The van der Waals surface area contributed by atoms with Gasteiger partial charge in [-0.1, -0.05) is 0 Å². The van der Waals surface area contributed by atoms with Crippen molar-refractivity contribution in [2.75, 3.05) is 0 Å². The number of carbonyl (C=O) groups excluding carboxylic acids is 2. The molecule has 2 rings (SSSR count). The van der Waals surface area contributed by atoms with Crippen LogP contribution in [0.3, 0.4) is 0 Å². The SMILES string of the molecule is Cc1oc(=O)oc1COC(=O)Cn1ccnc1CCC=O. The standard InChI is InChI=1S/C13H14N2O6/c1-9-10(21-13(18)20-9)8-19-12(17)7-15-5-4-14-11(15)3-2-6-16/h4-6H,2-3,7-8H2,1H3. The Labute approximate surface area is 119 Å². The minimum absolute atomic E-state index is 0.0324. The predicted molar refractivity (Wildman–Crippen MR) is 68.4 cm³/mol. The largest absolute Gasteiger partial charge is 0.519 e. The molecule has 21 heavy (non-hydrogen) atoms. The maximum Gasteiger partial charge on any atom is 0.519 e. The molecular weight excluding hydrogens is 280 g/mol. The molecule has 0 N–H and O–H groups in total. The van der Waals surface area contributed by atoms with E-state index in [-0.39, 0.29) is 24.7 Å². The fourth-order valence-electron chi connectivity index (χ4n) is 1.74. The normalized spacial score (nSPS) is 10.5. The third kappa shape index (κ3) is 3.91. The number of esters is 1. The second-order valence-electron chi connectivity index (χ2n) is 4.27. The topological polar surface area (TPSA) is 105 Å². The van der Waals surface area contributed by atoms with Crippen molar-refractivity contribution in [2.24, 2.45) is 0 Å². The lowest BCUT2D eigenvalue weighted by atomic mass is 10.3. The summed E-state index contributed by atoms with van der Waals surface area (Å²) in [5.74, 6) is -0.250. The van der Waals surface area contributed by atoms with E-state index in [2.05, 4.69) is 9.40 Å². The molecule has 0 aliphatic rings. The summed E-state index contributed by atoms with van der Waals surface area (Å²) in [6.07, 6.45) is 4.77. The second kappa shape index (κ2) is 6.69. The van der Waals surface area contributed by atoms with Gasteiger partial charge in [-0.3, -0.25) is 4.79 Å². The summed E-state index contributed by atoms with van der Waals surface area (Å²) in [4.78, 5) is 37.0. The van der Waals surface area contributed by atoms with E-state index in [0.29, 0.717) is 18.7 Å². The van der Waals surface area contributed by atoms with Crippen LogP contribution in [0.2, 0.25) is 0 Å². The molecule has 0 fully saturated rings. The molecule has 0 amide bonds. The van der Waals surface area contributed by atoms with Crippen molar-refractivity contribution in [1.29, 1.82) is 0 Å². The Morgan fingerprint density at radius 3 is 2.95 bits per heavy atom. The fraction of sp³-hybridized carbons (Fsp3) is 0.385. The molecule has 2 heterocycles. The Balaban J connectivity index is 1.90. The van der Waals surface area contributed by atoms with E-state index < -0.39 is 11.8 Å². The maximum atomic E-state index is 11.7. The van der Waals surface area contributed by atoms with E-state index in [0.717, 1.165) is 6.29 Å². The number of aldehydes is 1. The van der Waals surface area contributed by atoms with Gasteiger partial charge in [0.2, 0.25) is 0 Å². The second-order valence-corrected chi connectivity index (χ2v) is 4.27. The minimum atomic E-state index is -0.829. The fourth-order valence-corrected chi connectivity index (χ4v) is 1.74. The van der Waals surface area contributed by atoms with Crippen LogP contribution in [-0.2, 0) is 33.9 Å². The molecule has 112 valence electrons. The summed E-state index contributed by atoms with van der Waals surface area (Å²) in [6, 6.07) is 0. The van der Waals surface area contributed by atoms with Crippen molar-refractivity contribution in [3.05, 3.63) is 40.4 Å². The van der Waals surface area contributed by atoms with Crippen molar-refractivity contribution in [2.45, 2.75) is 32.9 Å². The van der Waals surface area contributed by atoms with Gasteiger partial charge in [0.25, 0.3) is 0 Å². The average molecular weight is 294 g/mol. The Morgan fingerprint density at radius 1 is 1.48 bits per heavy atom. The molecule has 2 aromatic heterocycles. The highest BCUT2D eigenvalue weighted by atomic mass is 16.6. The number of aryl methyl sites for hydroxylation is 2. The van der Waals surface area contributed by atoms with Gasteiger partial charge in [0.15, 0.2) is 18.1 Å². The van der Waals surface area contributed by atoms with E-state index in [9.17, 15) is 14.4 Å². The number of ether oxygens (including phenoxy) is 1. The summed E-state index contributed by atoms with van der Waals surface area (Å²) >= 11 is 0. The van der Waals surface area contributed by atoms with Crippen LogP contribution in [0.25, 0.3) is 0 Å². The monoisotopic (exact) mass is 294 g/mol. The van der Waals surface area contributed by atoms with Crippen LogP contribution < -0.4 is 5.82 Å². The number of hydrogen-bond acceptors (Lipinski definition) is 7. The highest BCUT2D eigenvalue weighted by Crippen LogP contribution is 2.07. The molecule has 0 saturated heterocycles. The molecule has 0 bridgehead atoms. The first-order chi connectivity index (χ1) is 10.1. The van der Waals surface area contributed by atoms with Crippen LogP contribution in [-0.4, -0.2) is 21.8 Å². The van der Waals surface area contributed by atoms with Gasteiger partial charge >= 0.3 is 11.8 Å². The Morgan fingerprint density at radius 2 is 2.29 bits per heavy atom. The van der Waals surface area contributed by atoms with Gasteiger partial charge in [0.1, 0.15) is 18.7 Å². The number of hydrogen-bond donors (Lipinski definition) is 0. The zero-order valence-corrected chi connectivity index (χ0v) is 11.4.